The molecule has 2 N–H and O–H groups in total. The number of carbonyl (C=O) groups is 1. The molecule has 1 unspecified atom stereocenters. The maximum atomic E-state index is 11.4. The first-order chi connectivity index (χ1) is 12.7. The average Bonchev–Trinajstić information content (AvgIpc) is 2.64. The lowest BCUT2D eigenvalue weighted by atomic mass is 10.0. The third kappa shape index (κ3) is 19.7. The van der Waals surface area contributed by atoms with E-state index in [2.05, 4.69) is 6.92 Å². The first-order valence-corrected chi connectivity index (χ1v) is 10.7. The third-order valence-electron chi connectivity index (χ3n) is 4.50. The molecule has 1 atom stereocenters. The van der Waals surface area contributed by atoms with Crippen LogP contribution in [0.1, 0.15) is 96.8 Å². The molecule has 5 heteroatoms. The van der Waals surface area contributed by atoms with Crippen molar-refractivity contribution in [2.45, 2.75) is 103 Å². The van der Waals surface area contributed by atoms with Crippen molar-refractivity contribution in [1.82, 2.24) is 0 Å². The van der Waals surface area contributed by atoms with Gasteiger partial charge >= 0.3 is 5.97 Å². The van der Waals surface area contributed by atoms with E-state index in [1.54, 1.807) is 0 Å². The summed E-state index contributed by atoms with van der Waals surface area (Å²) in [5.41, 5.74) is 0. The molecule has 26 heavy (non-hydrogen) atoms. The molecule has 0 aliphatic carbocycles. The Bertz CT molecular complexity index is 296. The van der Waals surface area contributed by atoms with Crippen molar-refractivity contribution in [2.75, 3.05) is 26.4 Å². The smallest absolute Gasteiger partial charge is 0.332 e. The van der Waals surface area contributed by atoms with Gasteiger partial charge in [0.1, 0.15) is 12.7 Å². The van der Waals surface area contributed by atoms with Gasteiger partial charge in [-0.15, -0.1) is 0 Å². The van der Waals surface area contributed by atoms with E-state index in [-0.39, 0.29) is 19.8 Å². The van der Waals surface area contributed by atoms with Crippen molar-refractivity contribution in [1.29, 1.82) is 0 Å². The molecule has 0 aliphatic rings. The monoisotopic (exact) mass is 374 g/mol. The van der Waals surface area contributed by atoms with Crippen LogP contribution in [0.15, 0.2) is 0 Å². The summed E-state index contributed by atoms with van der Waals surface area (Å²) in [6.45, 7) is 2.10. The highest BCUT2D eigenvalue weighted by atomic mass is 16.6. The lowest BCUT2D eigenvalue weighted by Gasteiger charge is -2.08. The number of aliphatic hydroxyl groups is 2. The minimum absolute atomic E-state index is 0.0511. The molecule has 0 aromatic heterocycles. The van der Waals surface area contributed by atoms with Crippen molar-refractivity contribution < 1.29 is 24.5 Å². The summed E-state index contributed by atoms with van der Waals surface area (Å²) < 4.78 is 9.99. The van der Waals surface area contributed by atoms with Gasteiger partial charge in [-0.05, 0) is 6.42 Å². The molecule has 0 aliphatic heterocycles. The van der Waals surface area contributed by atoms with Gasteiger partial charge in [0, 0.05) is 0 Å². The second-order valence-corrected chi connectivity index (χ2v) is 7.17. The first kappa shape index (κ1) is 25.4. The molecule has 0 rings (SSSR count). The van der Waals surface area contributed by atoms with E-state index < -0.39 is 12.1 Å². The highest BCUT2D eigenvalue weighted by Gasteiger charge is 2.06. The maximum Gasteiger partial charge on any atom is 0.332 e. The molecule has 0 radical (unpaired) electrons. The van der Waals surface area contributed by atoms with Crippen molar-refractivity contribution >= 4 is 5.97 Å². The molecule has 0 aromatic carbocycles. The fraction of sp³-hybridized carbons (Fsp3) is 0.952. The van der Waals surface area contributed by atoms with Crippen molar-refractivity contribution in [3.63, 3.8) is 0 Å². The topological polar surface area (TPSA) is 76.0 Å². The Morgan fingerprint density at radius 3 is 1.73 bits per heavy atom. The molecule has 0 aromatic rings. The zero-order valence-electron chi connectivity index (χ0n) is 16.9. The minimum atomic E-state index is -0.936. The Balaban J connectivity index is 3.14. The quantitative estimate of drug-likeness (QED) is 0.244. The molecule has 0 amide bonds. The summed E-state index contributed by atoms with van der Waals surface area (Å²) in [6, 6.07) is 0. The van der Waals surface area contributed by atoms with Gasteiger partial charge in [-0.1, -0.05) is 90.4 Å². The Hall–Kier alpha value is -0.650. The minimum Gasteiger partial charge on any atom is -0.464 e. The largest absolute Gasteiger partial charge is 0.464 e. The van der Waals surface area contributed by atoms with Gasteiger partial charge < -0.3 is 19.7 Å². The van der Waals surface area contributed by atoms with E-state index in [4.69, 9.17) is 19.7 Å². The van der Waals surface area contributed by atoms with Gasteiger partial charge in [-0.25, -0.2) is 4.79 Å². The summed E-state index contributed by atoms with van der Waals surface area (Å²) in [6.07, 6.45) is 17.3. The van der Waals surface area contributed by atoms with Crippen molar-refractivity contribution in [3.8, 4) is 0 Å². The molecule has 0 saturated carbocycles. The zero-order chi connectivity index (χ0) is 19.3. The normalized spacial score (nSPS) is 12.3. The summed E-state index contributed by atoms with van der Waals surface area (Å²) >= 11 is 0. The molecule has 0 spiro atoms. The SMILES string of the molecule is CCCCCCCCCCCCCCCCOC(=O)COCC(O)CO. The first-order valence-electron chi connectivity index (χ1n) is 10.7. The van der Waals surface area contributed by atoms with Crippen LogP contribution in [0.25, 0.3) is 0 Å². The van der Waals surface area contributed by atoms with E-state index >= 15 is 0 Å². The number of ether oxygens (including phenoxy) is 2. The van der Waals surface area contributed by atoms with Gasteiger partial charge in [0.05, 0.1) is 19.8 Å². The molecular weight excluding hydrogens is 332 g/mol. The summed E-state index contributed by atoms with van der Waals surface area (Å²) in [5, 5.41) is 17.7. The molecule has 0 heterocycles. The average molecular weight is 375 g/mol. The predicted octanol–water partition coefficient (Wildman–Crippen LogP) is 4.38. The molecule has 156 valence electrons. The van der Waals surface area contributed by atoms with E-state index in [1.807, 2.05) is 0 Å². The lowest BCUT2D eigenvalue weighted by Crippen LogP contribution is -2.22. The number of aliphatic hydroxyl groups excluding tert-OH is 2. The third-order valence-corrected chi connectivity index (χ3v) is 4.50. The lowest BCUT2D eigenvalue weighted by molar-refractivity contribution is -0.150. The molecule has 0 saturated heterocycles. The van der Waals surface area contributed by atoms with Crippen LogP contribution in [0.4, 0.5) is 0 Å². The number of hydrogen-bond acceptors (Lipinski definition) is 5. The van der Waals surface area contributed by atoms with Crippen molar-refractivity contribution in [2.24, 2.45) is 0 Å². The number of esters is 1. The van der Waals surface area contributed by atoms with E-state index in [0.29, 0.717) is 6.61 Å². The van der Waals surface area contributed by atoms with Crippen molar-refractivity contribution in [3.05, 3.63) is 0 Å². The van der Waals surface area contributed by atoms with Gasteiger partial charge in [0.25, 0.3) is 0 Å². The van der Waals surface area contributed by atoms with Gasteiger partial charge in [0.2, 0.25) is 0 Å². The van der Waals surface area contributed by atoms with Crippen LogP contribution in [0.3, 0.4) is 0 Å². The fourth-order valence-corrected chi connectivity index (χ4v) is 2.86. The van der Waals surface area contributed by atoms with Crippen LogP contribution in [-0.4, -0.2) is 48.7 Å². The van der Waals surface area contributed by atoms with Gasteiger partial charge in [0.15, 0.2) is 0 Å². The van der Waals surface area contributed by atoms with E-state index in [9.17, 15) is 4.79 Å². The Labute approximate surface area is 160 Å². The van der Waals surface area contributed by atoms with E-state index in [0.717, 1.165) is 12.8 Å². The van der Waals surface area contributed by atoms with Crippen LogP contribution >= 0.6 is 0 Å². The highest BCUT2D eigenvalue weighted by Crippen LogP contribution is 2.12. The summed E-state index contributed by atoms with van der Waals surface area (Å²) in [4.78, 5) is 11.4. The molecular formula is C21H42O5. The van der Waals surface area contributed by atoms with Crippen LogP contribution < -0.4 is 0 Å². The van der Waals surface area contributed by atoms with Crippen LogP contribution in [-0.2, 0) is 14.3 Å². The van der Waals surface area contributed by atoms with E-state index in [1.165, 1.54) is 77.0 Å². The number of hydrogen-bond donors (Lipinski definition) is 2. The number of carbonyl (C=O) groups excluding carboxylic acids is 1. The molecule has 5 nitrogen and oxygen atoms in total. The fourth-order valence-electron chi connectivity index (χ4n) is 2.86. The second kappa shape index (κ2) is 20.7. The zero-order valence-corrected chi connectivity index (χ0v) is 16.9. The van der Waals surface area contributed by atoms with Gasteiger partial charge in [-0.3, -0.25) is 0 Å². The van der Waals surface area contributed by atoms with Crippen LogP contribution in [0.2, 0.25) is 0 Å². The predicted molar refractivity (Wildman–Crippen MR) is 105 cm³/mol. The van der Waals surface area contributed by atoms with Crippen LogP contribution in [0, 0.1) is 0 Å². The van der Waals surface area contributed by atoms with Gasteiger partial charge in [-0.2, -0.15) is 0 Å². The second-order valence-electron chi connectivity index (χ2n) is 7.17. The molecule has 0 fully saturated rings. The Morgan fingerprint density at radius 1 is 0.808 bits per heavy atom. The number of unbranched alkanes of at least 4 members (excludes halogenated alkanes) is 13. The summed E-state index contributed by atoms with van der Waals surface area (Å²) in [5.74, 6) is -0.412. The maximum absolute atomic E-state index is 11.4. The van der Waals surface area contributed by atoms with Crippen LogP contribution in [0.5, 0.6) is 0 Å². The standard InChI is InChI=1S/C21H42O5/c1-2-3-4-5-6-7-8-9-10-11-12-13-14-15-16-26-21(24)19-25-18-20(23)17-22/h20,22-23H,2-19H2,1H3. The number of rotatable bonds is 20. The Kier molecular flexibility index (Phi) is 20.1. The highest BCUT2D eigenvalue weighted by molar-refractivity contribution is 5.70. The Morgan fingerprint density at radius 2 is 1.27 bits per heavy atom. The molecule has 0 bridgehead atoms. The summed E-state index contributed by atoms with van der Waals surface area (Å²) in [7, 11) is 0.